The minimum absolute atomic E-state index is 0. The summed E-state index contributed by atoms with van der Waals surface area (Å²) < 4.78 is 3.87. The molecule has 11 rings (SSSR count). The summed E-state index contributed by atoms with van der Waals surface area (Å²) in [6, 6.07) is 55.5. The molecule has 0 radical (unpaired) electrons. The average molecular weight is 842 g/mol. The van der Waals surface area contributed by atoms with E-state index >= 15 is 0 Å². The Morgan fingerprint density at radius 1 is 0.407 bits per heavy atom. The Balaban J connectivity index is 0.00000224. The van der Waals surface area contributed by atoms with Crippen LogP contribution in [0.25, 0.3) is 77.5 Å². The van der Waals surface area contributed by atoms with Crippen LogP contribution in [0.2, 0.25) is 9.45 Å². The first-order valence-corrected chi connectivity index (χ1v) is 25.1. The van der Waals surface area contributed by atoms with Gasteiger partial charge in [0, 0.05) is 0 Å². The van der Waals surface area contributed by atoms with Gasteiger partial charge in [-0.1, -0.05) is 0 Å². The number of allylic oxidation sites excluding steroid dienone is 2. The standard InChI is InChI=1S/2C27H23.C2H4.2ClH.Ti/c2*1-27(2,3)21-16-20-11-8-14-24(25(20)17-21)26-22-12-6-4-9-18(22)15-19-10-5-7-13-23(19)26;1-2;;;/h2*4-17H,1-3H3;1-2H2;2*1H;/q;;;;;+2/p-2. The second-order valence-electron chi connectivity index (χ2n) is 19.3. The molecule has 292 valence electrons. The number of rotatable bonds is 4. The molecule has 0 spiro atoms. The topological polar surface area (TPSA) is 0 Å². The molecular weight excluding hydrogens is 791 g/mol. The fraction of sp³-hybridized carbons (Fsp3) is 0.214. The van der Waals surface area contributed by atoms with Crippen LogP contribution in [0.1, 0.15) is 72.2 Å². The third-order valence-corrected chi connectivity index (χ3v) is 22.0. The molecule has 0 aromatic heterocycles. The number of hydrogen-bond acceptors (Lipinski definition) is 0. The summed E-state index contributed by atoms with van der Waals surface area (Å²) in [7, 11) is 0. The molecule has 1 heterocycles. The quantitative estimate of drug-likeness (QED) is 0.122. The normalized spacial score (nSPS) is 17.4. The van der Waals surface area contributed by atoms with Crippen molar-refractivity contribution < 1.29 is 41.4 Å². The first kappa shape index (κ1) is 40.0. The van der Waals surface area contributed by atoms with Crippen LogP contribution in [0.5, 0.6) is 0 Å². The summed E-state index contributed by atoms with van der Waals surface area (Å²) in [6.07, 6.45) is 5.37. The molecular formula is C56H50Cl2Ti. The zero-order valence-corrected chi connectivity index (χ0v) is 37.9. The molecule has 3 aliphatic rings. The van der Waals surface area contributed by atoms with Gasteiger partial charge in [-0.2, -0.15) is 0 Å². The van der Waals surface area contributed by atoms with E-state index in [-0.39, 0.29) is 35.6 Å². The fourth-order valence-corrected chi connectivity index (χ4v) is 22.2. The monoisotopic (exact) mass is 840 g/mol. The summed E-state index contributed by atoms with van der Waals surface area (Å²) >= 11 is -2.78. The second-order valence-corrected chi connectivity index (χ2v) is 26.5. The minimum atomic E-state index is -2.78. The van der Waals surface area contributed by atoms with E-state index in [0.29, 0.717) is 8.45 Å². The Hall–Kier alpha value is -4.43. The van der Waals surface area contributed by atoms with Crippen molar-refractivity contribution in [1.29, 1.82) is 0 Å². The van der Waals surface area contributed by atoms with E-state index in [4.69, 9.17) is 0 Å². The maximum absolute atomic E-state index is 2.78. The van der Waals surface area contributed by atoms with Crippen LogP contribution in [-0.4, -0.2) is 0 Å². The van der Waals surface area contributed by atoms with Crippen molar-refractivity contribution in [2.75, 3.05) is 0 Å². The summed E-state index contributed by atoms with van der Waals surface area (Å²) in [5.74, 6) is 0. The molecule has 2 aliphatic carbocycles. The zero-order valence-electron chi connectivity index (χ0n) is 34.8. The predicted octanol–water partition coefficient (Wildman–Crippen LogP) is 10.3. The van der Waals surface area contributed by atoms with Crippen molar-refractivity contribution in [2.24, 2.45) is 10.8 Å². The molecule has 0 saturated carbocycles. The Kier molecular flexibility index (Phi) is 9.73. The van der Waals surface area contributed by atoms with Crippen molar-refractivity contribution in [1.82, 2.24) is 0 Å². The summed E-state index contributed by atoms with van der Waals surface area (Å²) in [6.45, 7) is 14.9. The Morgan fingerprint density at radius 3 is 1.03 bits per heavy atom. The molecule has 8 aromatic rings. The number of hydrogen-bond donors (Lipinski definition) is 0. The average Bonchev–Trinajstić information content (AvgIpc) is 3.70. The van der Waals surface area contributed by atoms with Gasteiger partial charge in [0.2, 0.25) is 0 Å². The maximum Gasteiger partial charge on any atom is -1.00 e. The van der Waals surface area contributed by atoms with Gasteiger partial charge in [0.05, 0.1) is 0 Å². The molecule has 1 aliphatic heterocycles. The first-order chi connectivity index (χ1) is 27.5. The molecule has 59 heavy (non-hydrogen) atoms. The van der Waals surface area contributed by atoms with Crippen molar-refractivity contribution in [3.05, 3.63) is 179 Å². The van der Waals surface area contributed by atoms with Crippen molar-refractivity contribution >= 4 is 55.2 Å². The number of benzene rings is 8. The molecule has 0 nitrogen and oxygen atoms in total. The van der Waals surface area contributed by atoms with Gasteiger partial charge in [0.15, 0.2) is 0 Å². The minimum Gasteiger partial charge on any atom is -1.00 e. The van der Waals surface area contributed by atoms with E-state index in [1.165, 1.54) is 85.9 Å². The Morgan fingerprint density at radius 2 is 0.729 bits per heavy atom. The molecule has 0 bridgehead atoms. The van der Waals surface area contributed by atoms with E-state index in [1.807, 2.05) is 0 Å². The van der Waals surface area contributed by atoms with Crippen molar-refractivity contribution in [2.45, 2.75) is 59.4 Å². The molecule has 1 fully saturated rings. The van der Waals surface area contributed by atoms with Crippen molar-refractivity contribution in [3.63, 3.8) is 0 Å². The summed E-state index contributed by atoms with van der Waals surface area (Å²) in [5, 5.41) is 10.6. The summed E-state index contributed by atoms with van der Waals surface area (Å²) in [4.78, 5) is 0. The van der Waals surface area contributed by atoms with E-state index < -0.39 is 16.6 Å². The van der Waals surface area contributed by atoms with E-state index in [9.17, 15) is 0 Å². The van der Waals surface area contributed by atoms with E-state index in [0.717, 1.165) is 0 Å². The molecule has 0 amide bonds. The Labute approximate surface area is 365 Å². The smallest absolute Gasteiger partial charge is 1.00 e. The van der Waals surface area contributed by atoms with Crippen LogP contribution in [-0.2, 0) is 16.6 Å². The molecule has 1 saturated heterocycles. The molecule has 3 heteroatoms. The predicted molar refractivity (Wildman–Crippen MR) is 244 cm³/mol. The number of halogens is 2. The molecule has 2 unspecified atom stereocenters. The van der Waals surface area contributed by atoms with Crippen LogP contribution in [0.4, 0.5) is 0 Å². The SMILES string of the molecule is CC(C)(C)C1=Cc2c(-c3c4ccccc4cc4ccccc34)cccc2[CH]1[Ti+2]1([CH]2C(C(C)(C)C)=Cc3c(-c4c5ccccc5cc5ccccc45)cccc32)[CH2][CH2]1.[Cl-].[Cl-]. The number of fused-ring (bicyclic) bond motifs is 6. The Bertz CT molecular complexity index is 2740. The maximum atomic E-state index is 2.69. The molecule has 2 atom stereocenters. The first-order valence-electron chi connectivity index (χ1n) is 21.0. The van der Waals surface area contributed by atoms with Gasteiger partial charge in [-0.15, -0.1) is 0 Å². The van der Waals surface area contributed by atoms with Gasteiger partial charge < -0.3 is 24.8 Å². The van der Waals surface area contributed by atoms with Gasteiger partial charge in [0.25, 0.3) is 0 Å². The van der Waals surface area contributed by atoms with Gasteiger partial charge in [-0.3, -0.25) is 0 Å². The van der Waals surface area contributed by atoms with E-state index in [1.54, 1.807) is 22.3 Å². The van der Waals surface area contributed by atoms with Crippen LogP contribution in [0, 0.1) is 10.8 Å². The third kappa shape index (κ3) is 6.12. The van der Waals surface area contributed by atoms with Gasteiger partial charge >= 0.3 is 343 Å². The van der Waals surface area contributed by atoms with Crippen LogP contribution in [0.3, 0.4) is 0 Å². The summed E-state index contributed by atoms with van der Waals surface area (Å²) in [5.41, 5.74) is 15.2. The largest absolute Gasteiger partial charge is 1.00 e. The van der Waals surface area contributed by atoms with Gasteiger partial charge in [-0.25, -0.2) is 0 Å². The fourth-order valence-electron chi connectivity index (χ4n) is 11.3. The second kappa shape index (κ2) is 14.4. The third-order valence-electron chi connectivity index (χ3n) is 13.9. The van der Waals surface area contributed by atoms with E-state index in [2.05, 4.69) is 199 Å². The van der Waals surface area contributed by atoms with Gasteiger partial charge in [0.1, 0.15) is 0 Å². The molecule has 0 N–H and O–H groups in total. The van der Waals surface area contributed by atoms with Crippen LogP contribution >= 0.6 is 0 Å². The van der Waals surface area contributed by atoms with Crippen molar-refractivity contribution in [3.8, 4) is 22.3 Å². The van der Waals surface area contributed by atoms with Crippen LogP contribution in [0.15, 0.2) is 157 Å². The van der Waals surface area contributed by atoms with Crippen LogP contribution < -0.4 is 24.8 Å². The molecule has 8 aromatic carbocycles. The van der Waals surface area contributed by atoms with Gasteiger partial charge in [-0.05, 0) is 0 Å². The zero-order chi connectivity index (χ0) is 38.8.